The van der Waals surface area contributed by atoms with Crippen molar-refractivity contribution < 1.29 is 18.7 Å². The summed E-state index contributed by atoms with van der Waals surface area (Å²) in [6.45, 7) is 8.83. The van der Waals surface area contributed by atoms with E-state index in [1.54, 1.807) is 12.1 Å². The first-order valence-electron chi connectivity index (χ1n) is 11.0. The van der Waals surface area contributed by atoms with E-state index in [4.69, 9.17) is 9.15 Å². The van der Waals surface area contributed by atoms with E-state index in [0.717, 1.165) is 22.6 Å². The molecule has 6 nitrogen and oxygen atoms in total. The van der Waals surface area contributed by atoms with Crippen molar-refractivity contribution in [1.29, 1.82) is 0 Å². The van der Waals surface area contributed by atoms with Crippen LogP contribution >= 0.6 is 0 Å². The normalized spacial score (nSPS) is 13.9. The molecule has 2 aromatic carbocycles. The molecule has 0 bridgehead atoms. The van der Waals surface area contributed by atoms with Gasteiger partial charge in [-0.25, -0.2) is 0 Å². The lowest BCUT2D eigenvalue weighted by Gasteiger charge is -2.14. The average molecular weight is 445 g/mol. The van der Waals surface area contributed by atoms with Crippen LogP contribution in [0.2, 0.25) is 0 Å². The van der Waals surface area contributed by atoms with Crippen molar-refractivity contribution in [2.75, 3.05) is 11.9 Å². The van der Waals surface area contributed by atoms with Crippen LogP contribution in [0.3, 0.4) is 0 Å². The third-order valence-corrected chi connectivity index (χ3v) is 5.28. The van der Waals surface area contributed by atoms with Crippen LogP contribution in [0.5, 0.6) is 5.75 Å². The summed E-state index contributed by atoms with van der Waals surface area (Å²) in [5.74, 6) is 0.928. The molecule has 0 unspecified atom stereocenters. The van der Waals surface area contributed by atoms with Gasteiger partial charge in [-0.1, -0.05) is 32.0 Å². The van der Waals surface area contributed by atoms with Crippen molar-refractivity contribution in [2.24, 2.45) is 5.92 Å². The Morgan fingerprint density at radius 2 is 1.67 bits per heavy atom. The topological polar surface area (TPSA) is 71.8 Å². The molecule has 0 fully saturated rings. The van der Waals surface area contributed by atoms with E-state index in [-0.39, 0.29) is 24.1 Å². The van der Waals surface area contributed by atoms with Gasteiger partial charge in [-0.2, -0.15) is 0 Å². The first-order valence-corrected chi connectivity index (χ1v) is 11.0. The lowest BCUT2D eigenvalue weighted by molar-refractivity contribution is -0.137. The van der Waals surface area contributed by atoms with E-state index < -0.39 is 0 Å². The van der Waals surface area contributed by atoms with Crippen molar-refractivity contribution in [3.8, 4) is 5.75 Å². The van der Waals surface area contributed by atoms with Gasteiger partial charge in [-0.05, 0) is 72.9 Å². The average Bonchev–Trinajstić information content (AvgIpc) is 3.35. The molecule has 0 radical (unpaired) electrons. The van der Waals surface area contributed by atoms with Crippen LogP contribution in [0.4, 0.5) is 5.69 Å². The fourth-order valence-corrected chi connectivity index (χ4v) is 3.83. The second-order valence-corrected chi connectivity index (χ2v) is 8.76. The highest BCUT2D eigenvalue weighted by molar-refractivity contribution is 6.36. The third kappa shape index (κ3) is 5.00. The minimum Gasteiger partial charge on any atom is -0.493 e. The molecule has 1 N–H and O–H groups in total. The maximum atomic E-state index is 13.4. The number of amides is 2. The Morgan fingerprint density at radius 3 is 2.27 bits per heavy atom. The van der Waals surface area contributed by atoms with Crippen LogP contribution in [0.15, 0.2) is 71.0 Å². The number of hydrogen-bond acceptors (Lipinski definition) is 5. The van der Waals surface area contributed by atoms with Gasteiger partial charge in [-0.15, -0.1) is 0 Å². The third-order valence-electron chi connectivity index (χ3n) is 5.28. The monoisotopic (exact) mass is 444 g/mol. The Labute approximate surface area is 193 Å². The summed E-state index contributed by atoms with van der Waals surface area (Å²) in [4.78, 5) is 28.0. The number of imide groups is 1. The van der Waals surface area contributed by atoms with Gasteiger partial charge in [0.1, 0.15) is 17.2 Å². The van der Waals surface area contributed by atoms with E-state index in [1.165, 1.54) is 11.2 Å². The number of hydrogen-bond donors (Lipinski definition) is 1. The molecular formula is C27H28N2O4. The Morgan fingerprint density at radius 1 is 0.970 bits per heavy atom. The van der Waals surface area contributed by atoms with Gasteiger partial charge >= 0.3 is 0 Å². The lowest BCUT2D eigenvalue weighted by atomic mass is 10.0. The summed E-state index contributed by atoms with van der Waals surface area (Å²) in [6.07, 6.45) is 1.53. The number of benzene rings is 2. The standard InChI is InChI=1S/C27H28N2O4/c1-17(2)16-33-22-9-7-20(8-10-22)24-25(28-21-13-18(3)12-19(4)14-21)27(31)29(26(24)30)15-23-6-5-11-32-23/h5-14,17,28H,15-16H2,1-4H3. The fourth-order valence-electron chi connectivity index (χ4n) is 3.83. The molecule has 1 aromatic heterocycles. The molecule has 170 valence electrons. The second-order valence-electron chi connectivity index (χ2n) is 8.76. The number of nitrogens with one attached hydrogen (secondary N) is 1. The molecule has 0 spiro atoms. The number of rotatable bonds is 8. The molecule has 4 rings (SSSR count). The number of carbonyl (C=O) groups excluding carboxylic acids is 2. The Hall–Kier alpha value is -3.80. The SMILES string of the molecule is Cc1cc(C)cc(NC2=C(c3ccc(OCC(C)C)cc3)C(=O)N(Cc3ccco3)C2=O)c1. The maximum absolute atomic E-state index is 13.4. The van der Waals surface area contributed by atoms with Gasteiger partial charge < -0.3 is 14.5 Å². The van der Waals surface area contributed by atoms with Crippen LogP contribution < -0.4 is 10.1 Å². The zero-order chi connectivity index (χ0) is 23.5. The molecule has 0 aliphatic carbocycles. The molecule has 33 heavy (non-hydrogen) atoms. The summed E-state index contributed by atoms with van der Waals surface area (Å²) in [5.41, 5.74) is 4.14. The van der Waals surface area contributed by atoms with Crippen LogP contribution in [-0.2, 0) is 16.1 Å². The van der Waals surface area contributed by atoms with Crippen molar-refractivity contribution in [3.05, 3.63) is 89.0 Å². The first-order chi connectivity index (χ1) is 15.8. The number of nitrogens with zero attached hydrogens (tertiary/aromatic N) is 1. The molecule has 0 saturated heterocycles. The Balaban J connectivity index is 1.70. The summed E-state index contributed by atoms with van der Waals surface area (Å²) in [5, 5.41) is 3.22. The highest BCUT2D eigenvalue weighted by atomic mass is 16.5. The zero-order valence-electron chi connectivity index (χ0n) is 19.3. The number of carbonyl (C=O) groups is 2. The van der Waals surface area contributed by atoms with E-state index in [0.29, 0.717) is 29.4 Å². The lowest BCUT2D eigenvalue weighted by Crippen LogP contribution is -2.31. The highest BCUT2D eigenvalue weighted by Gasteiger charge is 2.39. The zero-order valence-corrected chi connectivity index (χ0v) is 19.3. The molecule has 2 heterocycles. The van der Waals surface area contributed by atoms with Crippen LogP contribution in [-0.4, -0.2) is 23.3 Å². The fraction of sp³-hybridized carbons (Fsp3) is 0.259. The van der Waals surface area contributed by atoms with Gasteiger partial charge in [0.15, 0.2) is 0 Å². The minimum absolute atomic E-state index is 0.0712. The molecule has 3 aromatic rings. The summed E-state index contributed by atoms with van der Waals surface area (Å²) in [7, 11) is 0. The molecule has 6 heteroatoms. The summed E-state index contributed by atoms with van der Waals surface area (Å²) >= 11 is 0. The quantitative estimate of drug-likeness (QED) is 0.476. The van der Waals surface area contributed by atoms with Crippen LogP contribution in [0, 0.1) is 19.8 Å². The van der Waals surface area contributed by atoms with Gasteiger partial charge in [0.05, 0.1) is 25.0 Å². The Bertz CT molecular complexity index is 1170. The minimum atomic E-state index is -0.384. The van der Waals surface area contributed by atoms with E-state index in [2.05, 4.69) is 25.2 Å². The number of furan rings is 1. The van der Waals surface area contributed by atoms with E-state index in [1.807, 2.05) is 50.2 Å². The van der Waals surface area contributed by atoms with Crippen molar-refractivity contribution in [2.45, 2.75) is 34.2 Å². The van der Waals surface area contributed by atoms with Gasteiger partial charge in [0, 0.05) is 5.69 Å². The molecule has 0 atom stereocenters. The molecule has 1 aliphatic rings. The van der Waals surface area contributed by atoms with Gasteiger partial charge in [0.2, 0.25) is 0 Å². The summed E-state index contributed by atoms with van der Waals surface area (Å²) < 4.78 is 11.1. The second kappa shape index (κ2) is 9.36. The number of aryl methyl sites for hydroxylation is 2. The number of anilines is 1. The van der Waals surface area contributed by atoms with Gasteiger partial charge in [-0.3, -0.25) is 14.5 Å². The number of ether oxygens (including phenoxy) is 1. The predicted octanol–water partition coefficient (Wildman–Crippen LogP) is 5.32. The van der Waals surface area contributed by atoms with E-state index in [9.17, 15) is 9.59 Å². The molecule has 0 saturated carbocycles. The van der Waals surface area contributed by atoms with Crippen LogP contribution in [0.1, 0.15) is 36.3 Å². The van der Waals surface area contributed by atoms with Crippen molar-refractivity contribution in [3.63, 3.8) is 0 Å². The van der Waals surface area contributed by atoms with E-state index >= 15 is 0 Å². The van der Waals surface area contributed by atoms with Crippen LogP contribution in [0.25, 0.3) is 5.57 Å². The van der Waals surface area contributed by atoms with Crippen molar-refractivity contribution >= 4 is 23.1 Å². The largest absolute Gasteiger partial charge is 0.493 e. The Kier molecular flexibility index (Phi) is 6.36. The molecule has 2 amide bonds. The highest BCUT2D eigenvalue weighted by Crippen LogP contribution is 2.33. The predicted molar refractivity (Wildman–Crippen MR) is 127 cm³/mol. The molecular weight excluding hydrogens is 416 g/mol. The first kappa shape index (κ1) is 22.4. The van der Waals surface area contributed by atoms with Gasteiger partial charge in [0.25, 0.3) is 11.8 Å². The smallest absolute Gasteiger partial charge is 0.278 e. The molecule has 1 aliphatic heterocycles. The van der Waals surface area contributed by atoms with Crippen molar-refractivity contribution in [1.82, 2.24) is 4.90 Å². The summed E-state index contributed by atoms with van der Waals surface area (Å²) in [6, 6.07) is 16.7. The maximum Gasteiger partial charge on any atom is 0.278 e.